The Balaban J connectivity index is 1.62. The maximum atomic E-state index is 9.79. The van der Waals surface area contributed by atoms with Gasteiger partial charge in [0.05, 0.1) is 6.21 Å². The summed E-state index contributed by atoms with van der Waals surface area (Å²) < 4.78 is 0.847. The zero-order valence-electron chi connectivity index (χ0n) is 13.2. The highest BCUT2D eigenvalue weighted by Crippen LogP contribution is 2.23. The fourth-order valence-electron chi connectivity index (χ4n) is 2.52. The van der Waals surface area contributed by atoms with Gasteiger partial charge in [-0.3, -0.25) is 0 Å². The largest absolute Gasteiger partial charge is 0.507 e. The van der Waals surface area contributed by atoms with Gasteiger partial charge in [0.2, 0.25) is 0 Å². The average molecular weight is 397 g/mol. The zero-order valence-corrected chi connectivity index (χ0v) is 14.7. The van der Waals surface area contributed by atoms with Crippen molar-refractivity contribution in [1.82, 2.24) is 20.2 Å². The van der Waals surface area contributed by atoms with Gasteiger partial charge in [-0.15, -0.1) is 10.2 Å². The Hall–Kier alpha value is -3.00. The molecule has 2 heterocycles. The van der Waals surface area contributed by atoms with E-state index in [1.165, 1.54) is 6.21 Å². The first kappa shape index (κ1) is 15.5. The van der Waals surface area contributed by atoms with Crippen LogP contribution in [0.3, 0.4) is 0 Å². The van der Waals surface area contributed by atoms with Crippen LogP contribution in [0.2, 0.25) is 0 Å². The number of phenolic OH excluding ortho intramolecular Hbond substituents is 1. The number of fused-ring (bicyclic) bond motifs is 3. The Labute approximate surface area is 150 Å². The molecular weight excluding hydrogens is 384 g/mol. The van der Waals surface area contributed by atoms with Gasteiger partial charge in [-0.1, -0.05) is 27.6 Å². The summed E-state index contributed by atoms with van der Waals surface area (Å²) in [6.45, 7) is 2.03. The summed E-state index contributed by atoms with van der Waals surface area (Å²) in [6, 6.07) is 11.2. The number of hydrazone groups is 1. The number of benzene rings is 2. The molecule has 0 aliphatic rings. The van der Waals surface area contributed by atoms with Gasteiger partial charge in [0.15, 0.2) is 5.65 Å². The van der Waals surface area contributed by atoms with Crippen LogP contribution in [0.15, 0.2) is 46.0 Å². The van der Waals surface area contributed by atoms with Crippen LogP contribution in [-0.2, 0) is 0 Å². The molecule has 25 heavy (non-hydrogen) atoms. The number of hydrogen-bond donors (Lipinski definition) is 3. The summed E-state index contributed by atoms with van der Waals surface area (Å²) in [5.74, 6) is 0.399. The van der Waals surface area contributed by atoms with Gasteiger partial charge in [-0.05, 0) is 37.3 Å². The molecule has 0 unspecified atom stereocenters. The number of nitrogens with zero attached hydrogens (tertiary/aromatic N) is 4. The van der Waals surface area contributed by atoms with Crippen molar-refractivity contribution in [2.75, 3.05) is 5.43 Å². The first-order valence-electron chi connectivity index (χ1n) is 7.50. The second-order valence-corrected chi connectivity index (χ2v) is 6.50. The minimum absolute atomic E-state index is 0.134. The summed E-state index contributed by atoms with van der Waals surface area (Å²) in [5.41, 5.74) is 6.76. The number of anilines is 1. The van der Waals surface area contributed by atoms with E-state index in [1.807, 2.05) is 25.1 Å². The SMILES string of the molecule is Cc1ccc2[nH]c3nc(N/N=C\c4cc(Br)ccc4O)nnc3c2c1. The lowest BCUT2D eigenvalue weighted by Gasteiger charge is -2.00. The highest BCUT2D eigenvalue weighted by Gasteiger charge is 2.09. The second-order valence-electron chi connectivity index (χ2n) is 5.58. The quantitative estimate of drug-likeness (QED) is 0.361. The van der Waals surface area contributed by atoms with Gasteiger partial charge in [0, 0.05) is 20.9 Å². The van der Waals surface area contributed by atoms with Gasteiger partial charge in [0.1, 0.15) is 11.3 Å². The number of aromatic hydroxyl groups is 1. The van der Waals surface area contributed by atoms with Crippen LogP contribution in [0.25, 0.3) is 22.1 Å². The molecular formula is C17H13BrN6O. The van der Waals surface area contributed by atoms with Gasteiger partial charge < -0.3 is 10.1 Å². The third kappa shape index (κ3) is 3.03. The Morgan fingerprint density at radius 3 is 2.96 bits per heavy atom. The van der Waals surface area contributed by atoms with Crippen molar-refractivity contribution in [1.29, 1.82) is 0 Å². The van der Waals surface area contributed by atoms with E-state index in [0.29, 0.717) is 11.2 Å². The first-order chi connectivity index (χ1) is 12.1. The van der Waals surface area contributed by atoms with Crippen LogP contribution < -0.4 is 5.43 Å². The lowest BCUT2D eigenvalue weighted by atomic mass is 10.2. The first-order valence-corrected chi connectivity index (χ1v) is 8.30. The van der Waals surface area contributed by atoms with Gasteiger partial charge in [-0.25, -0.2) is 5.43 Å². The number of hydrogen-bond acceptors (Lipinski definition) is 6. The summed E-state index contributed by atoms with van der Waals surface area (Å²) in [6.07, 6.45) is 1.49. The smallest absolute Gasteiger partial charge is 0.265 e. The number of aryl methyl sites for hydroxylation is 1. The van der Waals surface area contributed by atoms with E-state index in [-0.39, 0.29) is 11.7 Å². The Morgan fingerprint density at radius 2 is 2.08 bits per heavy atom. The molecule has 0 aliphatic carbocycles. The average Bonchev–Trinajstić information content (AvgIpc) is 2.95. The van der Waals surface area contributed by atoms with Crippen molar-refractivity contribution >= 4 is 50.2 Å². The third-order valence-electron chi connectivity index (χ3n) is 3.73. The normalized spacial score (nSPS) is 11.6. The number of nitrogens with one attached hydrogen (secondary N) is 2. The minimum Gasteiger partial charge on any atom is -0.507 e. The molecule has 0 saturated heterocycles. The van der Waals surface area contributed by atoms with Crippen LogP contribution in [0.4, 0.5) is 5.95 Å². The Kier molecular flexibility index (Phi) is 3.81. The fourth-order valence-corrected chi connectivity index (χ4v) is 2.90. The molecule has 0 fully saturated rings. The van der Waals surface area contributed by atoms with Crippen molar-refractivity contribution in [3.8, 4) is 5.75 Å². The molecule has 0 aliphatic heterocycles. The van der Waals surface area contributed by atoms with E-state index < -0.39 is 0 Å². The number of aromatic nitrogens is 4. The third-order valence-corrected chi connectivity index (χ3v) is 4.22. The molecule has 0 atom stereocenters. The lowest BCUT2D eigenvalue weighted by molar-refractivity contribution is 0.474. The highest BCUT2D eigenvalue weighted by atomic mass is 79.9. The van der Waals surface area contributed by atoms with Crippen molar-refractivity contribution in [2.45, 2.75) is 6.92 Å². The standard InChI is InChI=1S/C17H13BrN6O/c1-9-2-4-13-12(6-9)15-16(20-13)21-17(24-22-15)23-19-8-10-7-11(18)3-5-14(10)25/h2-8,25H,1H3,(H2,20,21,23,24)/b19-8-. The number of phenols is 1. The molecule has 0 spiro atoms. The number of H-pyrrole nitrogens is 1. The van der Waals surface area contributed by atoms with Crippen molar-refractivity contribution in [3.63, 3.8) is 0 Å². The van der Waals surface area contributed by atoms with Crippen LogP contribution >= 0.6 is 15.9 Å². The van der Waals surface area contributed by atoms with Crippen molar-refractivity contribution in [2.24, 2.45) is 5.10 Å². The Morgan fingerprint density at radius 1 is 1.20 bits per heavy atom. The number of halogens is 1. The molecule has 4 rings (SSSR count). The van der Waals surface area contributed by atoms with Gasteiger partial charge >= 0.3 is 0 Å². The monoisotopic (exact) mass is 396 g/mol. The predicted molar refractivity (Wildman–Crippen MR) is 101 cm³/mol. The van der Waals surface area contributed by atoms with Gasteiger partial charge in [-0.2, -0.15) is 10.1 Å². The molecule has 4 aromatic rings. The van der Waals surface area contributed by atoms with E-state index in [0.717, 1.165) is 26.5 Å². The number of rotatable bonds is 3. The van der Waals surface area contributed by atoms with Gasteiger partial charge in [0.25, 0.3) is 5.95 Å². The maximum Gasteiger partial charge on any atom is 0.265 e. The molecule has 8 heteroatoms. The van der Waals surface area contributed by atoms with Crippen LogP contribution in [0.5, 0.6) is 5.75 Å². The highest BCUT2D eigenvalue weighted by molar-refractivity contribution is 9.10. The van der Waals surface area contributed by atoms with E-state index in [2.05, 4.69) is 46.6 Å². The van der Waals surface area contributed by atoms with E-state index in [1.54, 1.807) is 18.2 Å². The minimum atomic E-state index is 0.134. The molecule has 7 nitrogen and oxygen atoms in total. The summed E-state index contributed by atoms with van der Waals surface area (Å²) in [5, 5.41) is 23.1. The molecule has 3 N–H and O–H groups in total. The van der Waals surface area contributed by atoms with Crippen molar-refractivity contribution < 1.29 is 5.11 Å². The van der Waals surface area contributed by atoms with Crippen LogP contribution in [0, 0.1) is 6.92 Å². The summed E-state index contributed by atoms with van der Waals surface area (Å²) in [7, 11) is 0. The molecule has 0 radical (unpaired) electrons. The van der Waals surface area contributed by atoms with E-state index in [4.69, 9.17) is 0 Å². The van der Waals surface area contributed by atoms with E-state index >= 15 is 0 Å². The predicted octanol–water partition coefficient (Wildman–Crippen LogP) is 3.73. The van der Waals surface area contributed by atoms with Crippen LogP contribution in [-0.4, -0.2) is 31.5 Å². The summed E-state index contributed by atoms with van der Waals surface area (Å²) >= 11 is 3.35. The second kappa shape index (κ2) is 6.14. The maximum absolute atomic E-state index is 9.79. The Bertz CT molecular complexity index is 1120. The lowest BCUT2D eigenvalue weighted by Crippen LogP contribution is -1.99. The molecule has 2 aromatic heterocycles. The van der Waals surface area contributed by atoms with Crippen molar-refractivity contribution in [3.05, 3.63) is 52.0 Å². The number of aromatic amines is 1. The molecule has 0 amide bonds. The molecule has 124 valence electrons. The van der Waals surface area contributed by atoms with Crippen LogP contribution in [0.1, 0.15) is 11.1 Å². The fraction of sp³-hybridized carbons (Fsp3) is 0.0588. The summed E-state index contributed by atoms with van der Waals surface area (Å²) in [4.78, 5) is 7.61. The molecule has 2 aromatic carbocycles. The molecule has 0 bridgehead atoms. The zero-order chi connectivity index (χ0) is 17.4. The topological polar surface area (TPSA) is 99.1 Å². The molecule has 0 saturated carbocycles. The van der Waals surface area contributed by atoms with E-state index in [9.17, 15) is 5.11 Å².